The number of hydrogen-bond donors (Lipinski definition) is 0. The van der Waals surface area contributed by atoms with Gasteiger partial charge >= 0.3 is 0 Å². The summed E-state index contributed by atoms with van der Waals surface area (Å²) in [6.07, 6.45) is 1.47. The Bertz CT molecular complexity index is 1560. The molecule has 0 amide bonds. The van der Waals surface area contributed by atoms with Crippen LogP contribution in [0.5, 0.6) is 0 Å². The zero-order valence-corrected chi connectivity index (χ0v) is 25.0. The smallest absolute Gasteiger partial charge is 0.224 e. The summed E-state index contributed by atoms with van der Waals surface area (Å²) in [5.41, 5.74) is 0.911. The molecule has 3 heterocycles. The molecule has 3 aromatic rings. The van der Waals surface area contributed by atoms with Gasteiger partial charge in [-0.1, -0.05) is 66.7 Å². The lowest BCUT2D eigenvalue weighted by Crippen LogP contribution is -2.68. The van der Waals surface area contributed by atoms with Crippen LogP contribution in [0.3, 0.4) is 0 Å². The average molecular weight is 613 g/mol. The summed E-state index contributed by atoms with van der Waals surface area (Å²) >= 11 is 0. The van der Waals surface area contributed by atoms with E-state index in [1.165, 1.54) is 0 Å². The summed E-state index contributed by atoms with van der Waals surface area (Å²) in [7, 11) is -7.25. The molecule has 3 fully saturated rings. The third kappa shape index (κ3) is 5.93. The summed E-state index contributed by atoms with van der Waals surface area (Å²) in [6, 6.07) is 26.4. The molecule has 3 aromatic carbocycles. The van der Waals surface area contributed by atoms with Crippen LogP contribution >= 0.6 is 0 Å². The minimum Gasteiger partial charge on any atom is -0.342 e. The lowest BCUT2D eigenvalue weighted by Gasteiger charge is -2.58. The first-order valence-corrected chi connectivity index (χ1v) is 17.8. The Balaban J connectivity index is 1.30. The van der Waals surface area contributed by atoms with Gasteiger partial charge in [-0.25, -0.2) is 16.8 Å². The number of ether oxygens (including phenoxy) is 4. The summed E-state index contributed by atoms with van der Waals surface area (Å²) in [4.78, 5) is 0.485. The molecular weight excluding hydrogens is 576 g/mol. The van der Waals surface area contributed by atoms with E-state index in [0.717, 1.165) is 5.56 Å². The Labute approximate surface area is 247 Å². The third-order valence-corrected chi connectivity index (χ3v) is 11.9. The van der Waals surface area contributed by atoms with Crippen LogP contribution in [0.25, 0.3) is 0 Å². The van der Waals surface area contributed by atoms with Crippen molar-refractivity contribution in [2.75, 3.05) is 18.1 Å². The summed E-state index contributed by atoms with van der Waals surface area (Å²) in [5, 5.41) is 0. The fraction of sp³-hybridized carbons (Fsp3) is 0.438. The van der Waals surface area contributed by atoms with Gasteiger partial charge in [-0.15, -0.1) is 0 Å². The molecule has 0 saturated carbocycles. The summed E-state index contributed by atoms with van der Waals surface area (Å²) < 4.78 is 79.8. The van der Waals surface area contributed by atoms with Gasteiger partial charge in [0.1, 0.15) is 6.10 Å². The molecule has 0 bridgehead atoms. The second-order valence-corrected chi connectivity index (χ2v) is 15.4. The second kappa shape index (κ2) is 11.8. The second-order valence-electron chi connectivity index (χ2n) is 11.3. The Kier molecular flexibility index (Phi) is 8.30. The maximum atomic E-state index is 13.3. The van der Waals surface area contributed by atoms with Gasteiger partial charge in [-0.05, 0) is 55.5 Å². The van der Waals surface area contributed by atoms with Gasteiger partial charge in [0.2, 0.25) is 11.6 Å². The molecular formula is C32H36O8S2. The van der Waals surface area contributed by atoms with Gasteiger partial charge in [0.05, 0.1) is 40.1 Å². The number of sulfone groups is 2. The van der Waals surface area contributed by atoms with E-state index in [4.69, 9.17) is 18.9 Å². The van der Waals surface area contributed by atoms with E-state index >= 15 is 0 Å². The molecule has 8 nitrogen and oxygen atoms in total. The van der Waals surface area contributed by atoms with Gasteiger partial charge in [0, 0.05) is 12.8 Å². The van der Waals surface area contributed by atoms with Crippen molar-refractivity contribution >= 4 is 19.7 Å². The van der Waals surface area contributed by atoms with E-state index in [0.29, 0.717) is 38.5 Å². The zero-order valence-electron chi connectivity index (χ0n) is 23.3. The molecule has 3 aliphatic heterocycles. The highest BCUT2D eigenvalue weighted by Crippen LogP contribution is 2.52. The molecule has 10 heteroatoms. The monoisotopic (exact) mass is 612 g/mol. The van der Waals surface area contributed by atoms with Crippen LogP contribution in [0, 0.1) is 0 Å². The van der Waals surface area contributed by atoms with E-state index in [9.17, 15) is 16.8 Å². The molecule has 2 spiro atoms. The van der Waals surface area contributed by atoms with Crippen LogP contribution in [-0.2, 0) is 38.6 Å². The van der Waals surface area contributed by atoms with Crippen LogP contribution in [-0.4, -0.2) is 58.7 Å². The average Bonchev–Trinajstić information content (AvgIpc) is 3.00. The zero-order chi connectivity index (χ0) is 29.3. The van der Waals surface area contributed by atoms with Crippen LogP contribution in [0.1, 0.15) is 50.2 Å². The van der Waals surface area contributed by atoms with Gasteiger partial charge in [-0.2, -0.15) is 0 Å². The van der Waals surface area contributed by atoms with Crippen molar-refractivity contribution in [3.8, 4) is 0 Å². The Morgan fingerprint density at radius 3 is 1.57 bits per heavy atom. The van der Waals surface area contributed by atoms with Crippen LogP contribution in [0.4, 0.5) is 0 Å². The van der Waals surface area contributed by atoms with Crippen molar-refractivity contribution in [1.29, 1.82) is 0 Å². The van der Waals surface area contributed by atoms with Crippen LogP contribution in [0.2, 0.25) is 0 Å². The molecule has 42 heavy (non-hydrogen) atoms. The summed E-state index contributed by atoms with van der Waals surface area (Å²) in [6.45, 7) is 0.195. The lowest BCUT2D eigenvalue weighted by atomic mass is 9.86. The minimum atomic E-state index is -3.63. The van der Waals surface area contributed by atoms with Crippen LogP contribution in [0.15, 0.2) is 101 Å². The van der Waals surface area contributed by atoms with Gasteiger partial charge in [0.25, 0.3) is 0 Å². The van der Waals surface area contributed by atoms with Gasteiger partial charge in [0.15, 0.2) is 19.7 Å². The number of rotatable bonds is 7. The van der Waals surface area contributed by atoms with Crippen molar-refractivity contribution in [3.05, 3.63) is 96.6 Å². The SMILES string of the molecule is O=S(=O)(C[C@H]1CCC[C@]2(OC[C@H](c3ccccc3)O[C@]23CCC[C@H](CS(=O)(=O)c2ccccc2)O3)O1)c1ccccc1. The molecule has 0 radical (unpaired) electrons. The fourth-order valence-corrected chi connectivity index (χ4v) is 9.31. The third-order valence-electron chi connectivity index (χ3n) is 8.35. The van der Waals surface area contributed by atoms with Crippen LogP contribution < -0.4 is 0 Å². The quantitative estimate of drug-likeness (QED) is 0.356. The maximum Gasteiger partial charge on any atom is 0.224 e. The molecule has 5 atom stereocenters. The van der Waals surface area contributed by atoms with Crippen molar-refractivity contribution in [2.45, 2.75) is 78.2 Å². The topological polar surface area (TPSA) is 105 Å². The fourth-order valence-electron chi connectivity index (χ4n) is 6.33. The first kappa shape index (κ1) is 29.5. The molecule has 3 aliphatic rings. The summed E-state index contributed by atoms with van der Waals surface area (Å²) in [5.74, 6) is -3.19. The maximum absolute atomic E-state index is 13.3. The molecule has 0 aliphatic carbocycles. The normalized spacial score (nSPS) is 30.3. The number of benzene rings is 3. The van der Waals surface area contributed by atoms with Crippen molar-refractivity contribution < 1.29 is 35.8 Å². The first-order chi connectivity index (χ1) is 20.2. The largest absolute Gasteiger partial charge is 0.342 e. The Morgan fingerprint density at radius 2 is 1.05 bits per heavy atom. The van der Waals surface area contributed by atoms with Gasteiger partial charge < -0.3 is 18.9 Å². The lowest BCUT2D eigenvalue weighted by molar-refractivity contribution is -0.480. The van der Waals surface area contributed by atoms with E-state index in [2.05, 4.69) is 0 Å². The highest BCUT2D eigenvalue weighted by Gasteiger charge is 2.64. The molecule has 3 saturated heterocycles. The predicted molar refractivity (Wildman–Crippen MR) is 156 cm³/mol. The standard InChI is InChI=1S/C32H36O8S2/c33-41(34,28-16-6-2-7-17-28)23-26-14-10-20-31(38-26)32(40-30(22-37-31)25-12-4-1-5-13-25)21-11-15-27(39-32)24-42(35,36)29-18-8-3-9-19-29/h1-9,12-13,16-19,26-27,30H,10-11,14-15,20-24H2/t26-,27-,30-,31+,32-/m1/s1. The van der Waals surface area contributed by atoms with E-state index in [1.807, 2.05) is 30.3 Å². The van der Waals surface area contributed by atoms with Crippen molar-refractivity contribution in [1.82, 2.24) is 0 Å². The van der Waals surface area contributed by atoms with E-state index in [-0.39, 0.29) is 27.9 Å². The predicted octanol–water partition coefficient (Wildman–Crippen LogP) is 5.25. The molecule has 0 aromatic heterocycles. The Hall–Kier alpha value is -2.60. The molecule has 0 N–H and O–H groups in total. The first-order valence-electron chi connectivity index (χ1n) is 14.5. The number of hydrogen-bond acceptors (Lipinski definition) is 8. The van der Waals surface area contributed by atoms with E-state index < -0.39 is 49.6 Å². The minimum absolute atomic E-state index is 0.195. The van der Waals surface area contributed by atoms with Crippen molar-refractivity contribution in [2.24, 2.45) is 0 Å². The van der Waals surface area contributed by atoms with Crippen molar-refractivity contribution in [3.63, 3.8) is 0 Å². The Morgan fingerprint density at radius 1 is 0.595 bits per heavy atom. The van der Waals surface area contributed by atoms with E-state index in [1.54, 1.807) is 60.7 Å². The van der Waals surface area contributed by atoms with Gasteiger partial charge in [-0.3, -0.25) is 0 Å². The molecule has 224 valence electrons. The molecule has 0 unspecified atom stereocenters. The highest BCUT2D eigenvalue weighted by atomic mass is 32.2. The number of fused-ring (bicyclic) bond motifs is 1. The highest BCUT2D eigenvalue weighted by molar-refractivity contribution is 7.91. The molecule has 6 rings (SSSR count).